The molecule has 33 heavy (non-hydrogen) atoms. The summed E-state index contributed by atoms with van der Waals surface area (Å²) >= 11 is 1.30. The molecular formula is C20H30N6O5S2. The highest BCUT2D eigenvalue weighted by Gasteiger charge is 2.35. The maximum atomic E-state index is 13.3. The molecule has 11 nitrogen and oxygen atoms in total. The molecule has 2 fully saturated rings. The maximum Gasteiger partial charge on any atom is 0.282 e. The predicted molar refractivity (Wildman–Crippen MR) is 125 cm³/mol. The van der Waals surface area contributed by atoms with E-state index >= 15 is 0 Å². The Kier molecular flexibility index (Phi) is 7.17. The van der Waals surface area contributed by atoms with Gasteiger partial charge in [-0.3, -0.25) is 4.79 Å². The number of methoxy groups -OCH3 is 2. The number of carbonyl (C=O) groups excluding carboxylic acids is 1. The van der Waals surface area contributed by atoms with Crippen LogP contribution < -0.4 is 4.74 Å². The summed E-state index contributed by atoms with van der Waals surface area (Å²) in [4.78, 5) is 27.3. The van der Waals surface area contributed by atoms with Gasteiger partial charge in [0.1, 0.15) is 11.4 Å². The molecule has 4 rings (SSSR count). The zero-order chi connectivity index (χ0) is 23.8. The fourth-order valence-electron chi connectivity index (χ4n) is 4.14. The Bertz CT molecular complexity index is 1120. The molecule has 0 aliphatic carbocycles. The maximum absolute atomic E-state index is 13.3. The van der Waals surface area contributed by atoms with Crippen molar-refractivity contribution in [3.05, 3.63) is 16.3 Å². The lowest BCUT2D eigenvalue weighted by Gasteiger charge is -2.39. The molecule has 0 saturated carbocycles. The standard InChI is InChI=1S/C20H30N6O5S2/c1-14-16-18(31-4)21-15(13-30-3)22-19(16)32-17(14)20(27)24-7-11-26(12-8-24)33(28,29)25-9-5-23(2)6-10-25/h5-13H2,1-4H3. The van der Waals surface area contributed by atoms with Gasteiger partial charge in [-0.25, -0.2) is 4.98 Å². The third-order valence-corrected chi connectivity index (χ3v) is 9.31. The SMILES string of the molecule is COCc1nc(OC)c2c(C)c(C(=O)N3CCN(S(=O)(=O)N4CCN(C)CC4)CC3)sc2n1. The van der Waals surface area contributed by atoms with Crippen LogP contribution in [0.1, 0.15) is 21.1 Å². The number of rotatable bonds is 6. The summed E-state index contributed by atoms with van der Waals surface area (Å²) in [5, 5.41) is 0.724. The van der Waals surface area contributed by atoms with Crippen molar-refractivity contribution in [1.29, 1.82) is 0 Å². The lowest BCUT2D eigenvalue weighted by atomic mass is 10.2. The van der Waals surface area contributed by atoms with Crippen molar-refractivity contribution in [1.82, 2.24) is 28.4 Å². The topological polar surface area (TPSA) is 108 Å². The van der Waals surface area contributed by atoms with E-state index in [1.807, 2.05) is 14.0 Å². The molecule has 182 valence electrons. The number of nitrogens with zero attached hydrogens (tertiary/aromatic N) is 6. The molecule has 0 unspecified atom stereocenters. The smallest absolute Gasteiger partial charge is 0.282 e. The third kappa shape index (κ3) is 4.70. The van der Waals surface area contributed by atoms with Gasteiger partial charge in [0.2, 0.25) is 5.88 Å². The molecule has 0 N–H and O–H groups in total. The van der Waals surface area contributed by atoms with E-state index in [1.165, 1.54) is 22.8 Å². The Morgan fingerprint density at radius 2 is 1.61 bits per heavy atom. The van der Waals surface area contributed by atoms with Gasteiger partial charge in [0.15, 0.2) is 5.82 Å². The third-order valence-electron chi connectivity index (χ3n) is 6.10. The predicted octanol–water partition coefficient (Wildman–Crippen LogP) is 0.405. The summed E-state index contributed by atoms with van der Waals surface area (Å²) in [5.74, 6) is 0.787. The fraction of sp³-hybridized carbons (Fsp3) is 0.650. The second-order valence-electron chi connectivity index (χ2n) is 8.22. The first kappa shape index (κ1) is 24.2. The fourth-order valence-corrected chi connectivity index (χ4v) is 6.87. The minimum absolute atomic E-state index is 0.123. The summed E-state index contributed by atoms with van der Waals surface area (Å²) < 4.78 is 39.6. The summed E-state index contributed by atoms with van der Waals surface area (Å²) in [6.07, 6.45) is 0. The molecule has 1 amide bonds. The quantitative estimate of drug-likeness (QED) is 0.563. The molecule has 2 aromatic rings. The number of likely N-dealkylation sites (N-methyl/N-ethyl adjacent to an activating group) is 1. The van der Waals surface area contributed by atoms with Crippen LogP contribution in [-0.4, -0.2) is 116 Å². The first-order valence-corrected chi connectivity index (χ1v) is 13.0. The van der Waals surface area contributed by atoms with Crippen LogP contribution >= 0.6 is 11.3 Å². The van der Waals surface area contributed by atoms with E-state index in [4.69, 9.17) is 9.47 Å². The van der Waals surface area contributed by atoms with Crippen molar-refractivity contribution in [2.45, 2.75) is 13.5 Å². The molecule has 2 aliphatic rings. The van der Waals surface area contributed by atoms with Gasteiger partial charge in [-0.15, -0.1) is 11.3 Å². The number of ether oxygens (including phenoxy) is 2. The zero-order valence-electron chi connectivity index (χ0n) is 19.4. The normalized spacial score (nSPS) is 19.3. The molecule has 0 aromatic carbocycles. The van der Waals surface area contributed by atoms with Gasteiger partial charge in [-0.05, 0) is 19.5 Å². The van der Waals surface area contributed by atoms with Crippen LogP contribution in [-0.2, 0) is 21.6 Å². The van der Waals surface area contributed by atoms with Gasteiger partial charge < -0.3 is 19.3 Å². The molecule has 13 heteroatoms. The van der Waals surface area contributed by atoms with Gasteiger partial charge >= 0.3 is 0 Å². The van der Waals surface area contributed by atoms with E-state index in [0.29, 0.717) is 47.6 Å². The minimum atomic E-state index is -3.51. The molecule has 0 spiro atoms. The lowest BCUT2D eigenvalue weighted by Crippen LogP contribution is -2.57. The van der Waals surface area contributed by atoms with Crippen molar-refractivity contribution in [2.24, 2.45) is 0 Å². The molecule has 0 radical (unpaired) electrons. The average Bonchev–Trinajstić information content (AvgIpc) is 3.15. The number of aromatic nitrogens is 2. The number of piperazine rings is 2. The Morgan fingerprint density at radius 3 is 2.18 bits per heavy atom. The Morgan fingerprint density at radius 1 is 1.00 bits per heavy atom. The minimum Gasteiger partial charge on any atom is -0.480 e. The van der Waals surface area contributed by atoms with E-state index in [-0.39, 0.29) is 25.6 Å². The zero-order valence-corrected chi connectivity index (χ0v) is 21.0. The molecule has 0 atom stereocenters. The first-order valence-electron chi connectivity index (χ1n) is 10.8. The van der Waals surface area contributed by atoms with Gasteiger partial charge in [-0.1, -0.05) is 0 Å². The highest BCUT2D eigenvalue weighted by atomic mass is 32.2. The largest absolute Gasteiger partial charge is 0.480 e. The monoisotopic (exact) mass is 498 g/mol. The highest BCUT2D eigenvalue weighted by Crippen LogP contribution is 2.36. The second-order valence-corrected chi connectivity index (χ2v) is 11.1. The van der Waals surface area contributed by atoms with Crippen LogP contribution in [0.15, 0.2) is 0 Å². The average molecular weight is 499 g/mol. The van der Waals surface area contributed by atoms with Crippen molar-refractivity contribution >= 4 is 37.7 Å². The molecule has 2 aliphatic heterocycles. The number of hydrogen-bond donors (Lipinski definition) is 0. The number of fused-ring (bicyclic) bond motifs is 1. The number of hydrogen-bond acceptors (Lipinski definition) is 9. The van der Waals surface area contributed by atoms with Gasteiger partial charge in [0, 0.05) is 59.5 Å². The number of aryl methyl sites for hydroxylation is 1. The van der Waals surface area contributed by atoms with E-state index in [1.54, 1.807) is 16.3 Å². The Hall–Kier alpha value is -1.90. The first-order chi connectivity index (χ1) is 15.8. The van der Waals surface area contributed by atoms with Crippen molar-refractivity contribution in [2.75, 3.05) is 73.6 Å². The van der Waals surface area contributed by atoms with E-state index in [0.717, 1.165) is 24.0 Å². The van der Waals surface area contributed by atoms with Crippen LogP contribution in [0.3, 0.4) is 0 Å². The van der Waals surface area contributed by atoms with E-state index in [2.05, 4.69) is 14.9 Å². The van der Waals surface area contributed by atoms with Gasteiger partial charge in [0.05, 0.1) is 17.4 Å². The van der Waals surface area contributed by atoms with Crippen LogP contribution in [0.5, 0.6) is 5.88 Å². The second kappa shape index (κ2) is 9.76. The van der Waals surface area contributed by atoms with Crippen LogP contribution in [0.25, 0.3) is 10.2 Å². The Balaban J connectivity index is 1.49. The van der Waals surface area contributed by atoms with E-state index in [9.17, 15) is 13.2 Å². The number of thiophene rings is 1. The summed E-state index contributed by atoms with van der Waals surface area (Å²) in [6.45, 7) is 5.80. The summed E-state index contributed by atoms with van der Waals surface area (Å²) in [7, 11) is 1.58. The Labute approximate surface area is 198 Å². The van der Waals surface area contributed by atoms with Crippen molar-refractivity contribution in [3.8, 4) is 5.88 Å². The molecular weight excluding hydrogens is 468 g/mol. The molecule has 0 bridgehead atoms. The van der Waals surface area contributed by atoms with Crippen LogP contribution in [0.2, 0.25) is 0 Å². The van der Waals surface area contributed by atoms with Crippen molar-refractivity contribution in [3.63, 3.8) is 0 Å². The van der Waals surface area contributed by atoms with Crippen LogP contribution in [0, 0.1) is 6.92 Å². The van der Waals surface area contributed by atoms with Gasteiger partial charge in [-0.2, -0.15) is 22.0 Å². The van der Waals surface area contributed by atoms with Crippen molar-refractivity contribution < 1.29 is 22.7 Å². The van der Waals surface area contributed by atoms with Crippen LogP contribution in [0.4, 0.5) is 0 Å². The number of carbonyl (C=O) groups is 1. The molecule has 4 heterocycles. The number of amides is 1. The summed E-state index contributed by atoms with van der Waals surface area (Å²) in [5.41, 5.74) is 0.772. The highest BCUT2D eigenvalue weighted by molar-refractivity contribution is 7.86. The van der Waals surface area contributed by atoms with E-state index < -0.39 is 10.2 Å². The molecule has 2 saturated heterocycles. The summed E-state index contributed by atoms with van der Waals surface area (Å²) in [6, 6.07) is 0. The van der Waals surface area contributed by atoms with Gasteiger partial charge in [0.25, 0.3) is 16.1 Å². The molecule has 2 aromatic heterocycles. The lowest BCUT2D eigenvalue weighted by molar-refractivity contribution is 0.0696.